The number of nitrogen functional groups attached to an aromatic ring is 2. The van der Waals surface area contributed by atoms with Gasteiger partial charge in [-0.1, -0.05) is 6.07 Å². The summed E-state index contributed by atoms with van der Waals surface area (Å²) in [6, 6.07) is 4.92. The SMILES string of the molecule is CC(C)(OF)c1ccc(N)c(N)c1. The first-order chi connectivity index (χ1) is 5.97. The molecule has 0 aliphatic carbocycles. The molecule has 0 atom stereocenters. The van der Waals surface area contributed by atoms with E-state index in [9.17, 15) is 4.53 Å². The maximum absolute atomic E-state index is 12.1. The molecule has 4 N–H and O–H groups in total. The lowest BCUT2D eigenvalue weighted by Crippen LogP contribution is -2.17. The van der Waals surface area contributed by atoms with E-state index < -0.39 is 5.60 Å². The highest BCUT2D eigenvalue weighted by molar-refractivity contribution is 5.64. The second-order valence-electron chi connectivity index (χ2n) is 3.43. The molecule has 0 saturated heterocycles. The van der Waals surface area contributed by atoms with E-state index >= 15 is 0 Å². The van der Waals surface area contributed by atoms with Crippen molar-refractivity contribution < 1.29 is 9.47 Å². The minimum absolute atomic E-state index is 0.433. The topological polar surface area (TPSA) is 61.3 Å². The van der Waals surface area contributed by atoms with Crippen molar-refractivity contribution in [3.63, 3.8) is 0 Å². The van der Waals surface area contributed by atoms with Crippen molar-refractivity contribution in [2.45, 2.75) is 19.4 Å². The van der Waals surface area contributed by atoms with Gasteiger partial charge in [0.15, 0.2) is 0 Å². The Morgan fingerprint density at radius 3 is 2.31 bits per heavy atom. The molecule has 3 nitrogen and oxygen atoms in total. The van der Waals surface area contributed by atoms with Crippen LogP contribution in [0.3, 0.4) is 0 Å². The summed E-state index contributed by atoms with van der Waals surface area (Å²) in [7, 11) is 0. The minimum Gasteiger partial charge on any atom is -0.397 e. The molecule has 0 unspecified atom stereocenters. The van der Waals surface area contributed by atoms with Gasteiger partial charge in [0.25, 0.3) is 0 Å². The zero-order valence-electron chi connectivity index (χ0n) is 7.67. The molecule has 1 rings (SSSR count). The Balaban J connectivity index is 3.10. The van der Waals surface area contributed by atoms with E-state index in [1.165, 1.54) is 0 Å². The first-order valence-corrected chi connectivity index (χ1v) is 3.92. The van der Waals surface area contributed by atoms with Crippen molar-refractivity contribution in [3.8, 4) is 0 Å². The Bertz CT molecular complexity index is 312. The van der Waals surface area contributed by atoms with Crippen LogP contribution in [-0.2, 0) is 10.5 Å². The number of rotatable bonds is 2. The van der Waals surface area contributed by atoms with E-state index in [0.717, 1.165) is 0 Å². The zero-order valence-corrected chi connectivity index (χ0v) is 7.67. The molecule has 1 aromatic rings. The van der Waals surface area contributed by atoms with E-state index in [2.05, 4.69) is 4.94 Å². The van der Waals surface area contributed by atoms with Crippen molar-refractivity contribution in [1.29, 1.82) is 0 Å². The van der Waals surface area contributed by atoms with E-state index in [4.69, 9.17) is 11.5 Å². The quantitative estimate of drug-likeness (QED) is 0.691. The molecule has 13 heavy (non-hydrogen) atoms. The molecule has 0 aliphatic heterocycles. The summed E-state index contributed by atoms with van der Waals surface area (Å²) in [6.45, 7) is 3.22. The van der Waals surface area contributed by atoms with Crippen LogP contribution in [0.1, 0.15) is 19.4 Å². The molecule has 72 valence electrons. The largest absolute Gasteiger partial charge is 0.397 e. The number of halogens is 1. The predicted molar refractivity (Wildman–Crippen MR) is 50.5 cm³/mol. The van der Waals surface area contributed by atoms with Gasteiger partial charge in [-0.2, -0.15) is 4.94 Å². The Kier molecular flexibility index (Phi) is 2.43. The molecule has 0 saturated carbocycles. The molecule has 4 heteroatoms. The van der Waals surface area contributed by atoms with Crippen LogP contribution in [0.2, 0.25) is 0 Å². The highest BCUT2D eigenvalue weighted by atomic mass is 19.3. The van der Waals surface area contributed by atoms with Gasteiger partial charge in [-0.15, -0.1) is 0 Å². The number of nitrogens with two attached hydrogens (primary N) is 2. The van der Waals surface area contributed by atoms with Crippen molar-refractivity contribution in [1.82, 2.24) is 0 Å². The van der Waals surface area contributed by atoms with Crippen molar-refractivity contribution in [3.05, 3.63) is 23.8 Å². The third-order valence-electron chi connectivity index (χ3n) is 1.97. The highest BCUT2D eigenvalue weighted by Crippen LogP contribution is 2.28. The third kappa shape index (κ3) is 1.89. The summed E-state index contributed by atoms with van der Waals surface area (Å²) < 4.78 is 12.1. The maximum Gasteiger partial charge on any atom is 0.128 e. The number of benzene rings is 1. The van der Waals surface area contributed by atoms with Crippen LogP contribution in [0, 0.1) is 0 Å². The van der Waals surface area contributed by atoms with E-state index in [-0.39, 0.29) is 0 Å². The predicted octanol–water partition coefficient (Wildman–Crippen LogP) is 1.99. The summed E-state index contributed by atoms with van der Waals surface area (Å²) >= 11 is 0. The van der Waals surface area contributed by atoms with Gasteiger partial charge in [0.05, 0.1) is 11.4 Å². The molecular weight excluding hydrogens is 171 g/mol. The average molecular weight is 184 g/mol. The molecule has 0 bridgehead atoms. The maximum atomic E-state index is 12.1. The monoisotopic (exact) mass is 184 g/mol. The van der Waals surface area contributed by atoms with E-state index in [0.29, 0.717) is 16.9 Å². The summed E-state index contributed by atoms with van der Waals surface area (Å²) in [5, 5.41) is 0. The second-order valence-corrected chi connectivity index (χ2v) is 3.43. The summed E-state index contributed by atoms with van der Waals surface area (Å²) in [5.74, 6) is 0. The fraction of sp³-hybridized carbons (Fsp3) is 0.333. The zero-order chi connectivity index (χ0) is 10.1. The molecule has 0 aliphatic rings. The van der Waals surface area contributed by atoms with Gasteiger partial charge < -0.3 is 11.5 Å². The molecule has 0 radical (unpaired) electrons. The van der Waals surface area contributed by atoms with Crippen LogP contribution in [-0.4, -0.2) is 0 Å². The normalized spacial score (nSPS) is 11.6. The lowest BCUT2D eigenvalue weighted by atomic mass is 9.97. The van der Waals surface area contributed by atoms with Crippen molar-refractivity contribution in [2.24, 2.45) is 0 Å². The number of hydrogen-bond acceptors (Lipinski definition) is 3. The van der Waals surface area contributed by atoms with Crippen LogP contribution in [0.25, 0.3) is 0 Å². The Labute approximate surface area is 76.4 Å². The molecule has 0 heterocycles. The summed E-state index contributed by atoms with van der Waals surface area (Å²) in [4.78, 5) is 3.82. The fourth-order valence-electron chi connectivity index (χ4n) is 0.994. The van der Waals surface area contributed by atoms with Gasteiger partial charge >= 0.3 is 0 Å². The fourth-order valence-corrected chi connectivity index (χ4v) is 0.994. The molecular formula is C9H13FN2O. The molecule has 0 spiro atoms. The van der Waals surface area contributed by atoms with Crippen molar-refractivity contribution in [2.75, 3.05) is 11.5 Å². The molecule has 0 amide bonds. The van der Waals surface area contributed by atoms with Gasteiger partial charge in [0.1, 0.15) is 5.60 Å². The van der Waals surface area contributed by atoms with Gasteiger partial charge in [-0.25, -0.2) is 0 Å². The van der Waals surface area contributed by atoms with Crippen molar-refractivity contribution >= 4 is 11.4 Å². The lowest BCUT2D eigenvalue weighted by Gasteiger charge is -2.19. The second kappa shape index (κ2) is 3.22. The van der Waals surface area contributed by atoms with Gasteiger partial charge in [0.2, 0.25) is 0 Å². The Morgan fingerprint density at radius 1 is 1.23 bits per heavy atom. The molecule has 1 aromatic carbocycles. The first kappa shape index (κ1) is 9.80. The Hall–Kier alpha value is -1.29. The smallest absolute Gasteiger partial charge is 0.128 e. The summed E-state index contributed by atoms with van der Waals surface area (Å²) in [5.41, 5.74) is 11.7. The van der Waals surface area contributed by atoms with Gasteiger partial charge in [0, 0.05) is 0 Å². The van der Waals surface area contributed by atoms with Crippen LogP contribution in [0.15, 0.2) is 18.2 Å². The molecule has 0 fully saturated rings. The van der Waals surface area contributed by atoms with Crippen LogP contribution < -0.4 is 11.5 Å². The van der Waals surface area contributed by atoms with Crippen LogP contribution >= 0.6 is 0 Å². The number of anilines is 2. The van der Waals surface area contributed by atoms with Crippen LogP contribution in [0.4, 0.5) is 15.9 Å². The van der Waals surface area contributed by atoms with E-state index in [1.807, 2.05) is 0 Å². The third-order valence-corrected chi connectivity index (χ3v) is 1.97. The highest BCUT2D eigenvalue weighted by Gasteiger charge is 2.22. The van der Waals surface area contributed by atoms with Gasteiger partial charge in [-0.05, 0) is 36.1 Å². The number of hydrogen-bond donors (Lipinski definition) is 2. The van der Waals surface area contributed by atoms with Gasteiger partial charge in [-0.3, -0.25) is 0 Å². The summed E-state index contributed by atoms with van der Waals surface area (Å²) in [6.07, 6.45) is 0. The lowest BCUT2D eigenvalue weighted by molar-refractivity contribution is -0.227. The average Bonchev–Trinajstić information content (AvgIpc) is 2.09. The van der Waals surface area contributed by atoms with E-state index in [1.54, 1.807) is 32.0 Å². The Morgan fingerprint density at radius 2 is 1.85 bits per heavy atom. The molecule has 0 aromatic heterocycles. The minimum atomic E-state index is -0.984. The first-order valence-electron chi connectivity index (χ1n) is 3.92. The standard InChI is InChI=1S/C9H13FN2O/c1-9(2,13-10)6-3-4-7(11)8(12)5-6/h3-5H,11-12H2,1-2H3. The van der Waals surface area contributed by atoms with Crippen LogP contribution in [0.5, 0.6) is 0 Å².